The van der Waals surface area contributed by atoms with Crippen molar-refractivity contribution in [2.24, 2.45) is 0 Å². The first-order valence-electron chi connectivity index (χ1n) is 9.00. The van der Waals surface area contributed by atoms with Crippen molar-refractivity contribution < 1.29 is 14.3 Å². The maximum atomic E-state index is 12.6. The van der Waals surface area contributed by atoms with Gasteiger partial charge < -0.3 is 20.3 Å². The Kier molecular flexibility index (Phi) is 7.10. The lowest BCUT2D eigenvalue weighted by Gasteiger charge is -2.30. The molecule has 1 saturated carbocycles. The van der Waals surface area contributed by atoms with E-state index in [0.29, 0.717) is 23.2 Å². The number of amides is 3. The van der Waals surface area contributed by atoms with Crippen LogP contribution in [0, 0.1) is 0 Å². The van der Waals surface area contributed by atoms with Gasteiger partial charge in [-0.2, -0.15) is 0 Å². The maximum absolute atomic E-state index is 12.6. The molecule has 6 heteroatoms. The Morgan fingerprint density at radius 2 is 1.72 bits per heavy atom. The van der Waals surface area contributed by atoms with Gasteiger partial charge in [0.2, 0.25) is 5.91 Å². The number of hydrogen-bond acceptors (Lipinski definition) is 3. The van der Waals surface area contributed by atoms with Crippen LogP contribution in [0.2, 0.25) is 0 Å². The highest BCUT2D eigenvalue weighted by atomic mass is 16.5. The Balaban J connectivity index is 2.02. The lowest BCUT2D eigenvalue weighted by molar-refractivity contribution is -0.114. The minimum atomic E-state index is -0.167. The van der Waals surface area contributed by atoms with Crippen LogP contribution in [0.4, 0.5) is 16.2 Å². The summed E-state index contributed by atoms with van der Waals surface area (Å²) in [5, 5.41) is 5.63. The Morgan fingerprint density at radius 3 is 2.32 bits per heavy atom. The van der Waals surface area contributed by atoms with Crippen LogP contribution >= 0.6 is 0 Å². The zero-order valence-corrected chi connectivity index (χ0v) is 15.4. The third kappa shape index (κ3) is 5.66. The lowest BCUT2D eigenvalue weighted by Crippen LogP contribution is -2.40. The van der Waals surface area contributed by atoms with Gasteiger partial charge in [-0.25, -0.2) is 4.79 Å². The minimum Gasteiger partial charge on any atom is -0.494 e. The van der Waals surface area contributed by atoms with Crippen LogP contribution in [0.3, 0.4) is 0 Å². The molecular formula is C19H29N3O3. The molecule has 0 radical (unpaired) electrons. The van der Waals surface area contributed by atoms with Crippen molar-refractivity contribution in [2.45, 2.75) is 57.9 Å². The highest BCUT2D eigenvalue weighted by molar-refractivity contribution is 5.93. The van der Waals surface area contributed by atoms with E-state index in [-0.39, 0.29) is 11.9 Å². The van der Waals surface area contributed by atoms with E-state index < -0.39 is 0 Å². The van der Waals surface area contributed by atoms with E-state index in [9.17, 15) is 9.59 Å². The summed E-state index contributed by atoms with van der Waals surface area (Å²) < 4.78 is 5.30. The number of nitrogens with one attached hydrogen (secondary N) is 2. The molecule has 0 spiro atoms. The van der Waals surface area contributed by atoms with Crippen molar-refractivity contribution in [1.29, 1.82) is 0 Å². The van der Waals surface area contributed by atoms with Gasteiger partial charge in [0.1, 0.15) is 5.75 Å². The molecule has 1 aliphatic rings. The molecule has 25 heavy (non-hydrogen) atoms. The number of methoxy groups -OCH3 is 1. The smallest absolute Gasteiger partial charge is 0.321 e. The normalized spacial score (nSPS) is 15.6. The minimum absolute atomic E-state index is 0.111. The molecule has 0 bridgehead atoms. The second-order valence-corrected chi connectivity index (χ2v) is 6.64. The largest absolute Gasteiger partial charge is 0.494 e. The predicted octanol–water partition coefficient (Wildman–Crippen LogP) is 4.23. The molecule has 1 fully saturated rings. The third-order valence-corrected chi connectivity index (χ3v) is 4.71. The van der Waals surface area contributed by atoms with E-state index in [1.54, 1.807) is 18.2 Å². The molecular weight excluding hydrogens is 318 g/mol. The maximum Gasteiger partial charge on any atom is 0.321 e. The van der Waals surface area contributed by atoms with Crippen molar-refractivity contribution in [1.82, 2.24) is 4.90 Å². The summed E-state index contributed by atoms with van der Waals surface area (Å²) in [5.41, 5.74) is 1.23. The zero-order valence-electron chi connectivity index (χ0n) is 15.4. The van der Waals surface area contributed by atoms with Crippen molar-refractivity contribution in [3.05, 3.63) is 18.2 Å². The van der Waals surface area contributed by atoms with Crippen LogP contribution in [-0.4, -0.2) is 37.0 Å². The topological polar surface area (TPSA) is 70.7 Å². The standard InChI is InChI=1S/C19H29N3O3/c1-14(23)20-17-12-11-15(13-18(17)25-3)21-19(24)22(2)16-9-7-5-4-6-8-10-16/h11-13,16H,4-10H2,1-3H3,(H,20,23)(H,21,24). The molecule has 138 valence electrons. The van der Waals surface area contributed by atoms with Crippen molar-refractivity contribution >= 4 is 23.3 Å². The van der Waals surface area contributed by atoms with Crippen molar-refractivity contribution in [3.8, 4) is 5.75 Å². The van der Waals surface area contributed by atoms with Gasteiger partial charge in [-0.15, -0.1) is 0 Å². The summed E-state index contributed by atoms with van der Waals surface area (Å²) in [6.45, 7) is 1.44. The van der Waals surface area contributed by atoms with E-state index in [4.69, 9.17) is 4.74 Å². The second-order valence-electron chi connectivity index (χ2n) is 6.64. The molecule has 0 heterocycles. The van der Waals surface area contributed by atoms with Gasteiger partial charge in [0.15, 0.2) is 0 Å². The Morgan fingerprint density at radius 1 is 1.08 bits per heavy atom. The third-order valence-electron chi connectivity index (χ3n) is 4.71. The number of nitrogens with zero attached hydrogens (tertiary/aromatic N) is 1. The molecule has 0 aliphatic heterocycles. The number of anilines is 2. The van der Waals surface area contributed by atoms with Crippen LogP contribution in [0.15, 0.2) is 18.2 Å². The summed E-state index contributed by atoms with van der Waals surface area (Å²) in [5.74, 6) is 0.348. The van der Waals surface area contributed by atoms with E-state index >= 15 is 0 Å². The molecule has 2 rings (SSSR count). The number of benzene rings is 1. The Hall–Kier alpha value is -2.24. The van der Waals surface area contributed by atoms with Crippen LogP contribution in [-0.2, 0) is 4.79 Å². The van der Waals surface area contributed by atoms with Gasteiger partial charge in [-0.1, -0.05) is 32.1 Å². The Bertz CT molecular complexity index is 596. The summed E-state index contributed by atoms with van der Waals surface area (Å²) in [6.07, 6.45) is 8.32. The van der Waals surface area contributed by atoms with Gasteiger partial charge in [0.25, 0.3) is 0 Å². The average Bonchev–Trinajstić information content (AvgIpc) is 2.55. The van der Waals surface area contributed by atoms with Gasteiger partial charge in [0.05, 0.1) is 12.8 Å². The fourth-order valence-electron chi connectivity index (χ4n) is 3.26. The zero-order chi connectivity index (χ0) is 18.2. The molecule has 1 aromatic carbocycles. The van der Waals surface area contributed by atoms with Crippen LogP contribution in [0.25, 0.3) is 0 Å². The van der Waals surface area contributed by atoms with Gasteiger partial charge >= 0.3 is 6.03 Å². The van der Waals surface area contributed by atoms with E-state index in [1.165, 1.54) is 46.1 Å². The molecule has 1 aliphatic carbocycles. The van der Waals surface area contributed by atoms with Crippen LogP contribution < -0.4 is 15.4 Å². The molecule has 0 atom stereocenters. The molecule has 0 saturated heterocycles. The summed E-state index contributed by atoms with van der Waals surface area (Å²) in [4.78, 5) is 25.6. The monoisotopic (exact) mass is 347 g/mol. The van der Waals surface area contributed by atoms with Gasteiger partial charge in [-0.05, 0) is 25.0 Å². The summed E-state index contributed by atoms with van der Waals surface area (Å²) in [6, 6.07) is 5.39. The first-order valence-corrected chi connectivity index (χ1v) is 9.00. The van der Waals surface area contributed by atoms with Gasteiger partial charge in [-0.3, -0.25) is 4.79 Å². The number of carbonyl (C=O) groups is 2. The van der Waals surface area contributed by atoms with Crippen molar-refractivity contribution in [3.63, 3.8) is 0 Å². The molecule has 1 aromatic rings. The number of ether oxygens (including phenoxy) is 1. The second kappa shape index (κ2) is 9.30. The average molecular weight is 347 g/mol. The molecule has 6 nitrogen and oxygen atoms in total. The Labute approximate surface area is 149 Å². The van der Waals surface area contributed by atoms with E-state index in [2.05, 4.69) is 10.6 Å². The first kappa shape index (κ1) is 19.1. The first-order chi connectivity index (χ1) is 12.0. The highest BCUT2D eigenvalue weighted by Gasteiger charge is 2.21. The van der Waals surface area contributed by atoms with E-state index in [1.807, 2.05) is 11.9 Å². The van der Waals surface area contributed by atoms with Gasteiger partial charge in [0, 0.05) is 31.8 Å². The SMILES string of the molecule is COc1cc(NC(=O)N(C)C2CCCCCCC2)ccc1NC(C)=O. The van der Waals surface area contributed by atoms with Crippen LogP contribution in [0.1, 0.15) is 51.9 Å². The predicted molar refractivity (Wildman–Crippen MR) is 100 cm³/mol. The quantitative estimate of drug-likeness (QED) is 0.856. The van der Waals surface area contributed by atoms with E-state index in [0.717, 1.165) is 12.8 Å². The highest BCUT2D eigenvalue weighted by Crippen LogP contribution is 2.28. The molecule has 0 aromatic heterocycles. The van der Waals surface area contributed by atoms with Crippen molar-refractivity contribution in [2.75, 3.05) is 24.8 Å². The lowest BCUT2D eigenvalue weighted by atomic mass is 9.96. The fourth-order valence-corrected chi connectivity index (χ4v) is 3.26. The fraction of sp³-hybridized carbons (Fsp3) is 0.579. The summed E-state index contributed by atoms with van der Waals surface area (Å²) >= 11 is 0. The molecule has 3 amide bonds. The molecule has 0 unspecified atom stereocenters. The molecule has 2 N–H and O–H groups in total. The van der Waals surface area contributed by atoms with Crippen LogP contribution in [0.5, 0.6) is 5.75 Å². The number of carbonyl (C=O) groups excluding carboxylic acids is 2. The number of rotatable bonds is 4. The number of urea groups is 1. The number of hydrogen-bond donors (Lipinski definition) is 2. The summed E-state index contributed by atoms with van der Waals surface area (Å²) in [7, 11) is 3.40.